The number of ether oxygens (including phenoxy) is 3. The predicted octanol–water partition coefficient (Wildman–Crippen LogP) is 3.03. The molecule has 0 saturated carbocycles. The highest BCUT2D eigenvalue weighted by atomic mass is 19.4. The van der Waals surface area contributed by atoms with E-state index in [0.29, 0.717) is 18.1 Å². The maximum Gasteiger partial charge on any atom is 0.522 e. The molecule has 1 aromatic carbocycles. The Kier molecular flexibility index (Phi) is 5.30. The Labute approximate surface area is 121 Å². The number of nitrogens with one attached hydrogen (secondary N) is 1. The van der Waals surface area contributed by atoms with Crippen molar-refractivity contribution in [3.05, 3.63) is 23.8 Å². The Morgan fingerprint density at radius 1 is 1.33 bits per heavy atom. The summed E-state index contributed by atoms with van der Waals surface area (Å²) in [6, 6.07) is 5.44. The number of hydrogen-bond acceptors (Lipinski definition) is 4. The maximum atomic E-state index is 11.8. The first kappa shape index (κ1) is 15.9. The summed E-state index contributed by atoms with van der Waals surface area (Å²) in [5, 5.41) is 3.37. The standard InChI is InChI=1S/C14H18F3NO3/c1-2-5-18-12-9-20-13-8-10(3-4-11(12)13)19-6-7-21-14(15,16)17/h3-4,8,12,18H,2,5-7,9H2,1H3. The van der Waals surface area contributed by atoms with Crippen LogP contribution in [0.2, 0.25) is 0 Å². The second-order valence-corrected chi connectivity index (χ2v) is 4.66. The Morgan fingerprint density at radius 3 is 2.86 bits per heavy atom. The van der Waals surface area contributed by atoms with Crippen LogP contribution in [0.4, 0.5) is 13.2 Å². The molecule has 0 aliphatic carbocycles. The molecule has 1 aromatic rings. The fraction of sp³-hybridized carbons (Fsp3) is 0.571. The summed E-state index contributed by atoms with van der Waals surface area (Å²) in [7, 11) is 0. The van der Waals surface area contributed by atoms with Crippen molar-refractivity contribution in [1.82, 2.24) is 5.32 Å². The first-order valence-corrected chi connectivity index (χ1v) is 6.83. The Bertz CT molecular complexity index is 465. The minimum atomic E-state index is -4.62. The van der Waals surface area contributed by atoms with Crippen molar-refractivity contribution in [2.24, 2.45) is 0 Å². The Morgan fingerprint density at radius 2 is 2.14 bits per heavy atom. The van der Waals surface area contributed by atoms with Crippen LogP contribution >= 0.6 is 0 Å². The molecule has 4 nitrogen and oxygen atoms in total. The molecule has 1 aliphatic heterocycles. The molecule has 0 amide bonds. The molecule has 21 heavy (non-hydrogen) atoms. The molecule has 0 radical (unpaired) electrons. The van der Waals surface area contributed by atoms with E-state index < -0.39 is 13.0 Å². The van der Waals surface area contributed by atoms with E-state index >= 15 is 0 Å². The Hall–Kier alpha value is -1.47. The van der Waals surface area contributed by atoms with E-state index in [4.69, 9.17) is 9.47 Å². The molecule has 2 rings (SSSR count). The first-order valence-electron chi connectivity index (χ1n) is 6.83. The second kappa shape index (κ2) is 7.00. The van der Waals surface area contributed by atoms with Gasteiger partial charge in [-0.1, -0.05) is 6.92 Å². The zero-order chi connectivity index (χ0) is 15.3. The topological polar surface area (TPSA) is 39.7 Å². The van der Waals surface area contributed by atoms with Gasteiger partial charge in [-0.25, -0.2) is 0 Å². The van der Waals surface area contributed by atoms with Gasteiger partial charge < -0.3 is 14.8 Å². The van der Waals surface area contributed by atoms with Crippen LogP contribution in [0.3, 0.4) is 0 Å². The molecule has 1 N–H and O–H groups in total. The summed E-state index contributed by atoms with van der Waals surface area (Å²) >= 11 is 0. The molecule has 0 spiro atoms. The molecule has 1 aliphatic rings. The van der Waals surface area contributed by atoms with Crippen LogP contribution in [-0.2, 0) is 4.74 Å². The molecule has 1 heterocycles. The van der Waals surface area contributed by atoms with Gasteiger partial charge in [0.1, 0.15) is 24.7 Å². The smallest absolute Gasteiger partial charge is 0.491 e. The fourth-order valence-corrected chi connectivity index (χ4v) is 2.08. The molecule has 0 saturated heterocycles. The number of alkyl halides is 3. The lowest BCUT2D eigenvalue weighted by Crippen LogP contribution is -2.22. The van der Waals surface area contributed by atoms with E-state index in [1.807, 2.05) is 6.07 Å². The van der Waals surface area contributed by atoms with Gasteiger partial charge in [0.25, 0.3) is 0 Å². The highest BCUT2D eigenvalue weighted by Crippen LogP contribution is 2.35. The molecule has 118 valence electrons. The van der Waals surface area contributed by atoms with Crippen LogP contribution in [0, 0.1) is 0 Å². The van der Waals surface area contributed by atoms with E-state index in [0.717, 1.165) is 18.5 Å². The van der Waals surface area contributed by atoms with E-state index in [-0.39, 0.29) is 12.6 Å². The first-order chi connectivity index (χ1) is 9.99. The van der Waals surface area contributed by atoms with Gasteiger partial charge in [-0.15, -0.1) is 13.2 Å². The van der Waals surface area contributed by atoms with Gasteiger partial charge in [0.2, 0.25) is 0 Å². The van der Waals surface area contributed by atoms with Gasteiger partial charge >= 0.3 is 6.36 Å². The third-order valence-electron chi connectivity index (χ3n) is 3.02. The van der Waals surface area contributed by atoms with Crippen LogP contribution < -0.4 is 14.8 Å². The molecule has 1 atom stereocenters. The average Bonchev–Trinajstić information content (AvgIpc) is 2.83. The summed E-state index contributed by atoms with van der Waals surface area (Å²) in [6.45, 7) is 2.83. The monoisotopic (exact) mass is 305 g/mol. The lowest BCUT2D eigenvalue weighted by molar-refractivity contribution is -0.325. The quantitative estimate of drug-likeness (QED) is 0.786. The number of rotatable bonds is 7. The zero-order valence-electron chi connectivity index (χ0n) is 11.7. The summed E-state index contributed by atoms with van der Waals surface area (Å²) < 4.78 is 49.8. The minimum absolute atomic E-state index is 0.155. The van der Waals surface area contributed by atoms with Gasteiger partial charge in [0.05, 0.1) is 12.6 Å². The van der Waals surface area contributed by atoms with Crippen molar-refractivity contribution >= 4 is 0 Å². The molecular formula is C14H18F3NO3. The summed E-state index contributed by atoms with van der Waals surface area (Å²) in [6.07, 6.45) is -3.59. The largest absolute Gasteiger partial charge is 0.522 e. The molecule has 0 fully saturated rings. The lowest BCUT2D eigenvalue weighted by atomic mass is 10.1. The minimum Gasteiger partial charge on any atom is -0.491 e. The van der Waals surface area contributed by atoms with E-state index in [1.54, 1.807) is 12.1 Å². The van der Waals surface area contributed by atoms with Gasteiger partial charge in [-0.2, -0.15) is 0 Å². The SMILES string of the molecule is CCCNC1COc2cc(OCCOC(F)(F)F)ccc21. The maximum absolute atomic E-state index is 11.8. The van der Waals surface area contributed by atoms with Gasteiger partial charge in [0.15, 0.2) is 0 Å². The molecular weight excluding hydrogens is 287 g/mol. The molecule has 0 aromatic heterocycles. The molecule has 1 unspecified atom stereocenters. The number of benzene rings is 1. The van der Waals surface area contributed by atoms with Gasteiger partial charge in [-0.3, -0.25) is 4.74 Å². The van der Waals surface area contributed by atoms with Crippen molar-refractivity contribution in [3.63, 3.8) is 0 Å². The summed E-state index contributed by atoms with van der Waals surface area (Å²) in [4.78, 5) is 0. The summed E-state index contributed by atoms with van der Waals surface area (Å²) in [5.41, 5.74) is 1.04. The predicted molar refractivity (Wildman–Crippen MR) is 70.5 cm³/mol. The number of fused-ring (bicyclic) bond motifs is 1. The number of halogens is 3. The zero-order valence-corrected chi connectivity index (χ0v) is 11.7. The van der Waals surface area contributed by atoms with Crippen LogP contribution in [0.25, 0.3) is 0 Å². The Balaban J connectivity index is 1.84. The van der Waals surface area contributed by atoms with Gasteiger partial charge in [-0.05, 0) is 25.1 Å². The van der Waals surface area contributed by atoms with E-state index in [1.165, 1.54) is 0 Å². The highest BCUT2D eigenvalue weighted by molar-refractivity contribution is 5.45. The van der Waals surface area contributed by atoms with Crippen molar-refractivity contribution in [1.29, 1.82) is 0 Å². The molecule has 7 heteroatoms. The van der Waals surface area contributed by atoms with Crippen molar-refractivity contribution in [2.75, 3.05) is 26.4 Å². The van der Waals surface area contributed by atoms with E-state index in [9.17, 15) is 13.2 Å². The van der Waals surface area contributed by atoms with Crippen molar-refractivity contribution in [3.8, 4) is 11.5 Å². The van der Waals surface area contributed by atoms with Crippen molar-refractivity contribution < 1.29 is 27.4 Å². The lowest BCUT2D eigenvalue weighted by Gasteiger charge is -2.11. The normalized spacial score (nSPS) is 17.4. The van der Waals surface area contributed by atoms with Crippen LogP contribution in [0.15, 0.2) is 18.2 Å². The number of hydrogen-bond donors (Lipinski definition) is 1. The molecule has 0 bridgehead atoms. The highest BCUT2D eigenvalue weighted by Gasteiger charge is 2.28. The van der Waals surface area contributed by atoms with Crippen LogP contribution in [0.1, 0.15) is 24.9 Å². The third kappa shape index (κ3) is 4.78. The van der Waals surface area contributed by atoms with Crippen molar-refractivity contribution in [2.45, 2.75) is 25.7 Å². The third-order valence-corrected chi connectivity index (χ3v) is 3.02. The van der Waals surface area contributed by atoms with Gasteiger partial charge in [0, 0.05) is 11.6 Å². The fourth-order valence-electron chi connectivity index (χ4n) is 2.08. The van der Waals surface area contributed by atoms with E-state index in [2.05, 4.69) is 17.0 Å². The average molecular weight is 305 g/mol. The second-order valence-electron chi connectivity index (χ2n) is 4.66. The van der Waals surface area contributed by atoms with Crippen LogP contribution in [-0.4, -0.2) is 32.7 Å². The summed E-state index contributed by atoms with van der Waals surface area (Å²) in [5.74, 6) is 1.17. The van der Waals surface area contributed by atoms with Crippen LogP contribution in [0.5, 0.6) is 11.5 Å².